The molecule has 1 aromatic heterocycles. The average Bonchev–Trinajstić information content (AvgIpc) is 2.60. The lowest BCUT2D eigenvalue weighted by Gasteiger charge is -2.07. The molecule has 1 heterocycles. The zero-order chi connectivity index (χ0) is 11.7. The topological polar surface area (TPSA) is 41.6 Å². The third kappa shape index (κ3) is 1.68. The molecule has 0 radical (unpaired) electrons. The van der Waals surface area contributed by atoms with Gasteiger partial charge < -0.3 is 4.57 Å². The van der Waals surface area contributed by atoms with E-state index in [0.29, 0.717) is 10.6 Å². The second kappa shape index (κ2) is 3.99. The van der Waals surface area contributed by atoms with Gasteiger partial charge in [-0.3, -0.25) is 0 Å². The van der Waals surface area contributed by atoms with Crippen LogP contribution in [0.1, 0.15) is 17.0 Å². The number of imidazole rings is 1. The van der Waals surface area contributed by atoms with Crippen LogP contribution in [0.25, 0.3) is 5.69 Å². The van der Waals surface area contributed by atoms with Crippen molar-refractivity contribution in [2.45, 2.75) is 13.8 Å². The first-order valence-electron chi connectivity index (χ1n) is 4.84. The summed E-state index contributed by atoms with van der Waals surface area (Å²) in [6.45, 7) is 3.93. The van der Waals surface area contributed by atoms with Crippen LogP contribution in [-0.2, 0) is 0 Å². The number of nitrogens with zero attached hydrogens (tertiary/aromatic N) is 3. The molecule has 2 aromatic rings. The van der Waals surface area contributed by atoms with Crippen LogP contribution in [0.4, 0.5) is 0 Å². The quantitative estimate of drug-likeness (QED) is 0.757. The highest BCUT2D eigenvalue weighted by molar-refractivity contribution is 6.32. The Morgan fingerprint density at radius 1 is 1.38 bits per heavy atom. The lowest BCUT2D eigenvalue weighted by Crippen LogP contribution is -1.96. The monoisotopic (exact) mass is 231 g/mol. The van der Waals surface area contributed by atoms with Crippen molar-refractivity contribution in [1.29, 1.82) is 5.26 Å². The second-order valence-electron chi connectivity index (χ2n) is 3.56. The molecule has 0 N–H and O–H groups in total. The smallest absolute Gasteiger partial charge is 0.0997 e. The maximum Gasteiger partial charge on any atom is 0.0997 e. The summed E-state index contributed by atoms with van der Waals surface area (Å²) in [6, 6.07) is 7.29. The number of nitriles is 1. The largest absolute Gasteiger partial charge is 0.302 e. The molecule has 0 aliphatic carbocycles. The van der Waals surface area contributed by atoms with Crippen LogP contribution < -0.4 is 0 Å². The van der Waals surface area contributed by atoms with Crippen molar-refractivity contribution >= 4 is 11.6 Å². The SMILES string of the molecule is Cc1ncn(-c2ccc(C#N)cc2Cl)c1C. The molecule has 0 saturated heterocycles. The molecule has 1 aromatic carbocycles. The van der Waals surface area contributed by atoms with Crippen LogP contribution in [0.3, 0.4) is 0 Å². The van der Waals surface area contributed by atoms with Gasteiger partial charge in [-0.25, -0.2) is 4.98 Å². The van der Waals surface area contributed by atoms with Gasteiger partial charge in [-0.1, -0.05) is 11.6 Å². The van der Waals surface area contributed by atoms with E-state index in [-0.39, 0.29) is 0 Å². The van der Waals surface area contributed by atoms with Crippen molar-refractivity contribution in [1.82, 2.24) is 9.55 Å². The first-order valence-corrected chi connectivity index (χ1v) is 5.22. The average molecular weight is 232 g/mol. The van der Waals surface area contributed by atoms with Crippen LogP contribution >= 0.6 is 11.6 Å². The normalized spacial score (nSPS) is 10.1. The molecule has 0 spiro atoms. The molecule has 16 heavy (non-hydrogen) atoms. The second-order valence-corrected chi connectivity index (χ2v) is 3.97. The molecule has 0 atom stereocenters. The summed E-state index contributed by atoms with van der Waals surface area (Å²) in [5.74, 6) is 0. The van der Waals surface area contributed by atoms with Crippen molar-refractivity contribution in [3.05, 3.63) is 46.5 Å². The first kappa shape index (κ1) is 10.7. The zero-order valence-electron chi connectivity index (χ0n) is 9.03. The number of aromatic nitrogens is 2. The minimum absolute atomic E-state index is 0.555. The highest BCUT2D eigenvalue weighted by Gasteiger charge is 2.08. The number of rotatable bonds is 1. The van der Waals surface area contributed by atoms with Gasteiger partial charge in [0.25, 0.3) is 0 Å². The Balaban J connectivity index is 2.58. The Morgan fingerprint density at radius 2 is 2.12 bits per heavy atom. The van der Waals surface area contributed by atoms with E-state index in [1.807, 2.05) is 24.5 Å². The predicted octanol–water partition coefficient (Wildman–Crippen LogP) is 3.01. The number of hydrogen-bond acceptors (Lipinski definition) is 2. The van der Waals surface area contributed by atoms with E-state index in [1.165, 1.54) is 0 Å². The third-order valence-corrected chi connectivity index (χ3v) is 2.89. The minimum Gasteiger partial charge on any atom is -0.302 e. The third-order valence-electron chi connectivity index (χ3n) is 2.59. The molecule has 80 valence electrons. The first-order chi connectivity index (χ1) is 7.63. The van der Waals surface area contributed by atoms with Crippen LogP contribution in [0.15, 0.2) is 24.5 Å². The standard InChI is InChI=1S/C12H10ClN3/c1-8-9(2)16(7-15-8)12-4-3-10(6-14)5-11(12)13/h3-5,7H,1-2H3. The van der Waals surface area contributed by atoms with Gasteiger partial charge in [0.15, 0.2) is 0 Å². The predicted molar refractivity (Wildman–Crippen MR) is 62.8 cm³/mol. The molecule has 0 aliphatic heterocycles. The van der Waals surface area contributed by atoms with Gasteiger partial charge >= 0.3 is 0 Å². The molecule has 0 bridgehead atoms. The molecule has 4 heteroatoms. The van der Waals surface area contributed by atoms with Crippen molar-refractivity contribution in [3.63, 3.8) is 0 Å². The summed E-state index contributed by atoms with van der Waals surface area (Å²) in [5, 5.41) is 9.31. The summed E-state index contributed by atoms with van der Waals surface area (Å²) in [6.07, 6.45) is 1.73. The number of hydrogen-bond donors (Lipinski definition) is 0. The molecule has 0 amide bonds. The summed E-state index contributed by atoms with van der Waals surface area (Å²) in [7, 11) is 0. The number of benzene rings is 1. The van der Waals surface area contributed by atoms with Crippen LogP contribution in [0, 0.1) is 25.2 Å². The Labute approximate surface area is 98.9 Å². The van der Waals surface area contributed by atoms with Gasteiger partial charge in [0.2, 0.25) is 0 Å². The Kier molecular flexibility index (Phi) is 2.67. The molecule has 0 fully saturated rings. The van der Waals surface area contributed by atoms with Gasteiger partial charge in [-0.15, -0.1) is 0 Å². The number of aryl methyl sites for hydroxylation is 1. The lowest BCUT2D eigenvalue weighted by atomic mass is 10.2. The van der Waals surface area contributed by atoms with E-state index in [4.69, 9.17) is 16.9 Å². The summed E-state index contributed by atoms with van der Waals surface area (Å²) in [5.41, 5.74) is 3.43. The highest BCUT2D eigenvalue weighted by atomic mass is 35.5. The molecule has 0 saturated carbocycles. The van der Waals surface area contributed by atoms with Crippen molar-refractivity contribution in [2.24, 2.45) is 0 Å². The molecular formula is C12H10ClN3. The summed E-state index contributed by atoms with van der Waals surface area (Å²) >= 11 is 6.12. The zero-order valence-corrected chi connectivity index (χ0v) is 9.78. The van der Waals surface area contributed by atoms with E-state index in [0.717, 1.165) is 17.1 Å². The van der Waals surface area contributed by atoms with Crippen molar-refractivity contribution < 1.29 is 0 Å². The van der Waals surface area contributed by atoms with Gasteiger partial charge in [-0.05, 0) is 32.0 Å². The van der Waals surface area contributed by atoms with Crippen LogP contribution in [0.5, 0.6) is 0 Å². The Hall–Kier alpha value is -1.79. The maximum atomic E-state index is 8.75. The van der Waals surface area contributed by atoms with E-state index in [1.54, 1.807) is 18.5 Å². The lowest BCUT2D eigenvalue weighted by molar-refractivity contribution is 1.00. The fraction of sp³-hybridized carbons (Fsp3) is 0.167. The van der Waals surface area contributed by atoms with Gasteiger partial charge in [0.05, 0.1) is 34.4 Å². The van der Waals surface area contributed by atoms with Gasteiger partial charge in [-0.2, -0.15) is 5.26 Å². The number of halogens is 1. The highest BCUT2D eigenvalue weighted by Crippen LogP contribution is 2.23. The fourth-order valence-electron chi connectivity index (χ4n) is 1.51. The maximum absolute atomic E-state index is 8.75. The molecule has 2 rings (SSSR count). The summed E-state index contributed by atoms with van der Waals surface area (Å²) in [4.78, 5) is 4.22. The molecule has 3 nitrogen and oxygen atoms in total. The minimum atomic E-state index is 0.555. The van der Waals surface area contributed by atoms with Crippen LogP contribution in [-0.4, -0.2) is 9.55 Å². The summed E-state index contributed by atoms with van der Waals surface area (Å²) < 4.78 is 1.92. The van der Waals surface area contributed by atoms with Crippen molar-refractivity contribution in [2.75, 3.05) is 0 Å². The molecule has 0 unspecified atom stereocenters. The Morgan fingerprint density at radius 3 is 2.62 bits per heavy atom. The van der Waals surface area contributed by atoms with E-state index in [9.17, 15) is 0 Å². The fourth-order valence-corrected chi connectivity index (χ4v) is 1.78. The van der Waals surface area contributed by atoms with Crippen LogP contribution in [0.2, 0.25) is 5.02 Å². The van der Waals surface area contributed by atoms with Gasteiger partial charge in [0.1, 0.15) is 0 Å². The molecule has 0 aliphatic rings. The van der Waals surface area contributed by atoms with Gasteiger partial charge in [0, 0.05) is 5.69 Å². The Bertz CT molecular complexity index is 578. The molecular weight excluding hydrogens is 222 g/mol. The van der Waals surface area contributed by atoms with E-state index in [2.05, 4.69) is 11.1 Å². The van der Waals surface area contributed by atoms with E-state index < -0.39 is 0 Å². The van der Waals surface area contributed by atoms with E-state index >= 15 is 0 Å². The van der Waals surface area contributed by atoms with Crippen molar-refractivity contribution in [3.8, 4) is 11.8 Å².